The van der Waals surface area contributed by atoms with Crippen LogP contribution < -0.4 is 5.32 Å². The van der Waals surface area contributed by atoms with Crippen LogP contribution in [0, 0.1) is 5.92 Å². The molecule has 1 rings (SSSR count). The lowest BCUT2D eigenvalue weighted by Gasteiger charge is -2.14. The third-order valence-electron chi connectivity index (χ3n) is 2.38. The van der Waals surface area contributed by atoms with Gasteiger partial charge in [-0.05, 0) is 12.0 Å². The smallest absolute Gasteiger partial charge is 0.372 e. The summed E-state index contributed by atoms with van der Waals surface area (Å²) in [6, 6.07) is 1.61. The molecule has 90 valence electrons. The molecule has 0 fully saturated rings. The fourth-order valence-corrected chi connectivity index (χ4v) is 1.25. The van der Waals surface area contributed by atoms with Gasteiger partial charge in [0.05, 0.1) is 12.4 Å². The Labute approximate surface area is 94.1 Å². The van der Waals surface area contributed by atoms with Crippen molar-refractivity contribution < 1.29 is 19.4 Å². The third-order valence-corrected chi connectivity index (χ3v) is 2.38. The molecule has 0 spiro atoms. The maximum atomic E-state index is 10.7. The van der Waals surface area contributed by atoms with Crippen molar-refractivity contribution in [1.29, 1.82) is 0 Å². The predicted molar refractivity (Wildman–Crippen MR) is 58.2 cm³/mol. The van der Waals surface area contributed by atoms with Crippen LogP contribution in [0.4, 0.5) is 0 Å². The van der Waals surface area contributed by atoms with Gasteiger partial charge in [-0.25, -0.2) is 4.79 Å². The van der Waals surface area contributed by atoms with Gasteiger partial charge < -0.3 is 19.9 Å². The van der Waals surface area contributed by atoms with E-state index < -0.39 is 12.1 Å². The van der Waals surface area contributed by atoms with Crippen molar-refractivity contribution >= 4 is 5.97 Å². The second kappa shape index (κ2) is 5.67. The number of rotatable bonds is 6. The number of aromatic carboxylic acids is 1. The van der Waals surface area contributed by atoms with Gasteiger partial charge in [0.15, 0.2) is 0 Å². The zero-order chi connectivity index (χ0) is 12.1. The molecule has 5 heteroatoms. The molecule has 0 saturated heterocycles. The van der Waals surface area contributed by atoms with Gasteiger partial charge in [0.1, 0.15) is 0 Å². The number of hydrogen-bond acceptors (Lipinski definition) is 4. The summed E-state index contributed by atoms with van der Waals surface area (Å²) in [6.07, 6.45) is 0.916. The molecule has 0 bridgehead atoms. The fourth-order valence-electron chi connectivity index (χ4n) is 1.25. The van der Waals surface area contributed by atoms with Crippen molar-refractivity contribution in [1.82, 2.24) is 5.32 Å². The van der Waals surface area contributed by atoms with Crippen LogP contribution in [0.1, 0.15) is 30.0 Å². The van der Waals surface area contributed by atoms with E-state index in [9.17, 15) is 9.90 Å². The van der Waals surface area contributed by atoms with E-state index in [0.29, 0.717) is 18.7 Å². The first kappa shape index (κ1) is 12.7. The van der Waals surface area contributed by atoms with Gasteiger partial charge in [-0.2, -0.15) is 0 Å². The number of aliphatic hydroxyl groups excluding tert-OH is 1. The molecule has 1 aromatic rings. The summed E-state index contributed by atoms with van der Waals surface area (Å²) >= 11 is 0. The average molecular weight is 227 g/mol. The molecule has 16 heavy (non-hydrogen) atoms. The van der Waals surface area contributed by atoms with Crippen molar-refractivity contribution in [3.63, 3.8) is 0 Å². The van der Waals surface area contributed by atoms with Crippen molar-refractivity contribution in [2.75, 3.05) is 6.54 Å². The molecule has 0 amide bonds. The molecule has 0 aromatic carbocycles. The van der Waals surface area contributed by atoms with Crippen LogP contribution in [-0.4, -0.2) is 28.8 Å². The van der Waals surface area contributed by atoms with Gasteiger partial charge in [0.2, 0.25) is 5.76 Å². The maximum absolute atomic E-state index is 10.7. The Kier molecular flexibility index (Phi) is 4.52. The summed E-state index contributed by atoms with van der Waals surface area (Å²) in [6.45, 7) is 4.66. The van der Waals surface area contributed by atoms with Crippen molar-refractivity contribution in [3.8, 4) is 0 Å². The minimum atomic E-state index is -1.08. The number of nitrogens with one attached hydrogen (secondary N) is 1. The van der Waals surface area contributed by atoms with E-state index in [-0.39, 0.29) is 11.7 Å². The largest absolute Gasteiger partial charge is 0.475 e. The predicted octanol–water partition coefficient (Wildman–Crippen LogP) is 1.08. The second-order valence-electron chi connectivity index (χ2n) is 4.02. The first-order valence-corrected chi connectivity index (χ1v) is 5.20. The summed E-state index contributed by atoms with van der Waals surface area (Å²) in [7, 11) is 0. The van der Waals surface area contributed by atoms with E-state index in [4.69, 9.17) is 9.52 Å². The normalized spacial score (nSPS) is 13.0. The molecule has 1 heterocycles. The maximum Gasteiger partial charge on any atom is 0.372 e. The monoisotopic (exact) mass is 227 g/mol. The van der Waals surface area contributed by atoms with Crippen molar-refractivity contribution in [3.05, 3.63) is 23.7 Å². The van der Waals surface area contributed by atoms with Crippen LogP contribution in [0.25, 0.3) is 0 Å². The van der Waals surface area contributed by atoms with Gasteiger partial charge in [-0.15, -0.1) is 0 Å². The molecule has 0 radical (unpaired) electrons. The molecular formula is C11H17NO4. The summed E-state index contributed by atoms with van der Waals surface area (Å²) in [4.78, 5) is 10.7. The highest BCUT2D eigenvalue weighted by atomic mass is 16.4. The minimum Gasteiger partial charge on any atom is -0.475 e. The summed E-state index contributed by atoms with van der Waals surface area (Å²) < 4.78 is 4.83. The highest BCUT2D eigenvalue weighted by molar-refractivity contribution is 5.86. The summed E-state index contributed by atoms with van der Waals surface area (Å²) in [5.74, 6) is -0.950. The Bertz CT molecular complexity index is 346. The lowest BCUT2D eigenvalue weighted by atomic mass is 10.1. The van der Waals surface area contributed by atoms with E-state index in [1.54, 1.807) is 6.07 Å². The number of carboxylic acids is 1. The summed E-state index contributed by atoms with van der Waals surface area (Å²) in [5, 5.41) is 21.3. The SMILES string of the molecule is CC(C)C(O)CNCc1ccoc1C(=O)O. The average Bonchev–Trinajstić information content (AvgIpc) is 2.65. The molecule has 5 nitrogen and oxygen atoms in total. The number of carbonyl (C=O) groups is 1. The topological polar surface area (TPSA) is 82.7 Å². The number of aliphatic hydroxyl groups is 1. The van der Waals surface area contributed by atoms with Crippen LogP contribution >= 0.6 is 0 Å². The molecule has 0 aliphatic carbocycles. The number of hydrogen-bond donors (Lipinski definition) is 3. The molecule has 1 atom stereocenters. The zero-order valence-corrected chi connectivity index (χ0v) is 9.43. The lowest BCUT2D eigenvalue weighted by Crippen LogP contribution is -2.30. The summed E-state index contributed by atoms with van der Waals surface area (Å²) in [5.41, 5.74) is 0.587. The zero-order valence-electron chi connectivity index (χ0n) is 9.43. The molecule has 0 aliphatic heterocycles. The Balaban J connectivity index is 2.43. The molecule has 0 aliphatic rings. The van der Waals surface area contributed by atoms with Gasteiger partial charge >= 0.3 is 5.97 Å². The van der Waals surface area contributed by atoms with E-state index in [1.165, 1.54) is 6.26 Å². The van der Waals surface area contributed by atoms with Crippen LogP contribution in [0.15, 0.2) is 16.7 Å². The van der Waals surface area contributed by atoms with Crippen LogP contribution in [0.2, 0.25) is 0 Å². The van der Waals surface area contributed by atoms with Gasteiger partial charge in [-0.1, -0.05) is 13.8 Å². The van der Waals surface area contributed by atoms with Gasteiger partial charge in [0.25, 0.3) is 0 Å². The van der Waals surface area contributed by atoms with Crippen LogP contribution in [0.3, 0.4) is 0 Å². The Morgan fingerprint density at radius 3 is 2.81 bits per heavy atom. The highest BCUT2D eigenvalue weighted by Gasteiger charge is 2.14. The van der Waals surface area contributed by atoms with Gasteiger partial charge in [0, 0.05) is 18.7 Å². The quantitative estimate of drug-likeness (QED) is 0.677. The van der Waals surface area contributed by atoms with E-state index >= 15 is 0 Å². The van der Waals surface area contributed by atoms with E-state index in [1.807, 2.05) is 13.8 Å². The van der Waals surface area contributed by atoms with Crippen molar-refractivity contribution in [2.24, 2.45) is 5.92 Å². The Hall–Kier alpha value is -1.33. The van der Waals surface area contributed by atoms with E-state index in [0.717, 1.165) is 0 Å². The molecule has 1 unspecified atom stereocenters. The third kappa shape index (κ3) is 3.36. The standard InChI is InChI=1S/C11H17NO4/c1-7(2)9(13)6-12-5-8-3-4-16-10(8)11(14)15/h3-4,7,9,12-13H,5-6H2,1-2H3,(H,14,15). The lowest BCUT2D eigenvalue weighted by molar-refractivity contribution is 0.0660. The first-order valence-electron chi connectivity index (χ1n) is 5.20. The van der Waals surface area contributed by atoms with Crippen LogP contribution in [-0.2, 0) is 6.54 Å². The highest BCUT2D eigenvalue weighted by Crippen LogP contribution is 2.10. The first-order chi connectivity index (χ1) is 7.52. The minimum absolute atomic E-state index is 0.0495. The molecule has 0 saturated carbocycles. The molecule has 1 aromatic heterocycles. The second-order valence-corrected chi connectivity index (χ2v) is 4.02. The van der Waals surface area contributed by atoms with Crippen molar-refractivity contribution in [2.45, 2.75) is 26.5 Å². The number of carboxylic acid groups (broad SMARTS) is 1. The Morgan fingerprint density at radius 2 is 2.25 bits per heavy atom. The fraction of sp³-hybridized carbons (Fsp3) is 0.545. The van der Waals surface area contributed by atoms with Gasteiger partial charge in [-0.3, -0.25) is 0 Å². The number of furan rings is 1. The Morgan fingerprint density at radius 1 is 1.56 bits per heavy atom. The molecular weight excluding hydrogens is 210 g/mol. The van der Waals surface area contributed by atoms with E-state index in [2.05, 4.69) is 5.32 Å². The van der Waals surface area contributed by atoms with Crippen LogP contribution in [0.5, 0.6) is 0 Å². The molecule has 3 N–H and O–H groups in total.